The number of ketones is 1. The number of Topliss-reactive ketones (excluding diaryl/α,β-unsaturated/α-hetero) is 1. The second-order valence-electron chi connectivity index (χ2n) is 10.7. The highest BCUT2D eigenvalue weighted by molar-refractivity contribution is 6.09. The predicted octanol–water partition coefficient (Wildman–Crippen LogP) is 6.98. The number of rotatable bonds is 9. The average molecular weight is 521 g/mol. The van der Waals surface area contributed by atoms with E-state index in [0.29, 0.717) is 5.57 Å². The van der Waals surface area contributed by atoms with Crippen molar-refractivity contribution in [3.05, 3.63) is 119 Å². The van der Waals surface area contributed by atoms with Crippen LogP contribution in [0.4, 0.5) is 0 Å². The van der Waals surface area contributed by atoms with Crippen molar-refractivity contribution < 1.29 is 19.0 Å². The van der Waals surface area contributed by atoms with E-state index in [4.69, 9.17) is 14.2 Å². The molecule has 0 unspecified atom stereocenters. The van der Waals surface area contributed by atoms with Gasteiger partial charge in [0.15, 0.2) is 11.4 Å². The molecule has 3 aromatic rings. The number of benzene rings is 3. The van der Waals surface area contributed by atoms with Crippen molar-refractivity contribution in [1.82, 2.24) is 0 Å². The molecule has 2 aliphatic rings. The zero-order valence-electron chi connectivity index (χ0n) is 23.0. The van der Waals surface area contributed by atoms with Gasteiger partial charge in [-0.25, -0.2) is 0 Å². The van der Waals surface area contributed by atoms with Crippen molar-refractivity contribution in [2.75, 3.05) is 6.61 Å². The van der Waals surface area contributed by atoms with Crippen LogP contribution in [0.1, 0.15) is 63.1 Å². The van der Waals surface area contributed by atoms with E-state index in [9.17, 15) is 4.79 Å². The molecular weight excluding hydrogens is 484 g/mol. The van der Waals surface area contributed by atoms with Gasteiger partial charge in [-0.3, -0.25) is 4.79 Å². The van der Waals surface area contributed by atoms with E-state index in [1.54, 1.807) is 0 Å². The molecule has 0 saturated carbocycles. The van der Waals surface area contributed by atoms with Crippen LogP contribution < -0.4 is 0 Å². The largest absolute Gasteiger partial charge is 0.357 e. The fourth-order valence-corrected chi connectivity index (χ4v) is 5.60. The zero-order chi connectivity index (χ0) is 27.3. The summed E-state index contributed by atoms with van der Waals surface area (Å²) in [7, 11) is 0. The Hall–Kier alpha value is -3.49. The lowest BCUT2D eigenvalue weighted by atomic mass is 9.79. The number of unbranched alkanes of at least 4 members (excludes halogenated alkanes) is 3. The minimum atomic E-state index is -1.32. The highest BCUT2D eigenvalue weighted by Crippen LogP contribution is 2.47. The molecule has 0 bridgehead atoms. The van der Waals surface area contributed by atoms with Crippen molar-refractivity contribution in [2.45, 2.75) is 69.5 Å². The normalized spacial score (nSPS) is 21.7. The third-order valence-electron chi connectivity index (χ3n) is 7.42. The van der Waals surface area contributed by atoms with Gasteiger partial charge in [-0.05, 0) is 43.0 Å². The molecule has 2 atom stereocenters. The molecule has 0 radical (unpaired) electrons. The van der Waals surface area contributed by atoms with Crippen LogP contribution in [0.2, 0.25) is 0 Å². The van der Waals surface area contributed by atoms with Crippen LogP contribution >= 0.6 is 0 Å². The van der Waals surface area contributed by atoms with Gasteiger partial charge in [0, 0.05) is 6.42 Å². The van der Waals surface area contributed by atoms with Gasteiger partial charge in [-0.15, -0.1) is 0 Å². The summed E-state index contributed by atoms with van der Waals surface area (Å²) in [6, 6.07) is 30.4. The SMILES string of the molecule is CCCCCC#CC1=C[C@@H]2OC(C)(C)O[C@]2(COC(c2ccccc2)(c2ccccc2)c2ccccc2)C1=O. The van der Waals surface area contributed by atoms with E-state index >= 15 is 0 Å². The first-order valence-corrected chi connectivity index (χ1v) is 13.9. The third-order valence-corrected chi connectivity index (χ3v) is 7.42. The second kappa shape index (κ2) is 11.3. The van der Waals surface area contributed by atoms with Crippen LogP contribution in [0.3, 0.4) is 0 Å². The number of carbonyl (C=O) groups excluding carboxylic acids is 1. The molecular formula is C35H36O4. The molecule has 0 spiro atoms. The Kier molecular flexibility index (Phi) is 7.86. The molecule has 0 amide bonds. The summed E-state index contributed by atoms with van der Waals surface area (Å²) < 4.78 is 19.7. The van der Waals surface area contributed by atoms with Crippen molar-refractivity contribution in [3.63, 3.8) is 0 Å². The number of hydrogen-bond donors (Lipinski definition) is 0. The third kappa shape index (κ3) is 5.23. The average Bonchev–Trinajstić information content (AvgIpc) is 3.36. The molecule has 0 N–H and O–H groups in total. The highest BCUT2D eigenvalue weighted by Gasteiger charge is 2.62. The molecule has 1 heterocycles. The predicted molar refractivity (Wildman–Crippen MR) is 153 cm³/mol. The van der Waals surface area contributed by atoms with Crippen LogP contribution in [-0.4, -0.2) is 29.9 Å². The fourth-order valence-electron chi connectivity index (χ4n) is 5.60. The van der Waals surface area contributed by atoms with Gasteiger partial charge >= 0.3 is 0 Å². The summed E-state index contributed by atoms with van der Waals surface area (Å²) in [5.41, 5.74) is 1.03. The van der Waals surface area contributed by atoms with Gasteiger partial charge in [-0.1, -0.05) is 123 Å². The molecule has 4 heteroatoms. The van der Waals surface area contributed by atoms with Crippen LogP contribution in [0, 0.1) is 11.8 Å². The van der Waals surface area contributed by atoms with Gasteiger partial charge in [0.05, 0.1) is 12.2 Å². The van der Waals surface area contributed by atoms with E-state index in [0.717, 1.165) is 42.4 Å². The van der Waals surface area contributed by atoms with Crippen LogP contribution in [0.25, 0.3) is 0 Å². The Labute approximate surface area is 232 Å². The minimum Gasteiger partial charge on any atom is -0.357 e. The van der Waals surface area contributed by atoms with Gasteiger partial charge in [0.25, 0.3) is 0 Å². The van der Waals surface area contributed by atoms with Gasteiger partial charge in [0.1, 0.15) is 11.7 Å². The molecule has 200 valence electrons. The summed E-state index contributed by atoms with van der Waals surface area (Å²) in [5, 5.41) is 0. The summed E-state index contributed by atoms with van der Waals surface area (Å²) in [4.78, 5) is 14.0. The maximum absolute atomic E-state index is 14.0. The summed E-state index contributed by atoms with van der Waals surface area (Å²) in [5.74, 6) is 5.18. The molecule has 5 rings (SSSR count). The van der Waals surface area contributed by atoms with Crippen molar-refractivity contribution >= 4 is 5.78 Å². The van der Waals surface area contributed by atoms with E-state index in [1.807, 2.05) is 74.5 Å². The fraction of sp³-hybridized carbons (Fsp3) is 0.343. The van der Waals surface area contributed by atoms with Crippen molar-refractivity contribution in [3.8, 4) is 11.8 Å². The lowest BCUT2D eigenvalue weighted by Gasteiger charge is -2.39. The Morgan fingerprint density at radius 2 is 1.38 bits per heavy atom. The molecule has 4 nitrogen and oxygen atoms in total. The quantitative estimate of drug-likeness (QED) is 0.173. The first kappa shape index (κ1) is 27.1. The van der Waals surface area contributed by atoms with Gasteiger partial charge < -0.3 is 14.2 Å². The van der Waals surface area contributed by atoms with E-state index in [2.05, 4.69) is 55.2 Å². The molecule has 39 heavy (non-hydrogen) atoms. The van der Waals surface area contributed by atoms with Crippen LogP contribution in [0.5, 0.6) is 0 Å². The standard InChI is InChI=1S/C35H36O4/c1-4-5-6-7-11-18-27-25-31-34(32(27)36,39-33(2,3)38-31)26-37-35(28-19-12-8-13-20-28,29-21-14-9-15-22-29)30-23-16-10-17-24-30/h8-10,12-17,19-25,31H,4-7,26H2,1-3H3/t31-,34-/m0/s1. The smallest absolute Gasteiger partial charge is 0.208 e. The first-order chi connectivity index (χ1) is 18.9. The van der Waals surface area contributed by atoms with E-state index in [1.165, 1.54) is 0 Å². The first-order valence-electron chi connectivity index (χ1n) is 13.9. The summed E-state index contributed by atoms with van der Waals surface area (Å²) in [6.07, 6.45) is 5.29. The van der Waals surface area contributed by atoms with E-state index in [-0.39, 0.29) is 12.4 Å². The lowest BCUT2D eigenvalue weighted by molar-refractivity contribution is -0.185. The lowest BCUT2D eigenvalue weighted by Crippen LogP contribution is -2.51. The van der Waals surface area contributed by atoms with Gasteiger partial charge in [0.2, 0.25) is 5.78 Å². The molecule has 1 fully saturated rings. The van der Waals surface area contributed by atoms with Gasteiger partial charge in [-0.2, -0.15) is 0 Å². The highest BCUT2D eigenvalue weighted by atomic mass is 16.8. The maximum atomic E-state index is 14.0. The number of carbonyl (C=O) groups is 1. The summed E-state index contributed by atoms with van der Waals surface area (Å²) in [6.45, 7) is 5.83. The Morgan fingerprint density at radius 1 is 0.846 bits per heavy atom. The zero-order valence-corrected chi connectivity index (χ0v) is 23.0. The molecule has 1 aliphatic heterocycles. The van der Waals surface area contributed by atoms with Crippen LogP contribution in [-0.2, 0) is 24.6 Å². The van der Waals surface area contributed by atoms with Crippen molar-refractivity contribution in [2.24, 2.45) is 0 Å². The topological polar surface area (TPSA) is 44.8 Å². The molecule has 1 aliphatic carbocycles. The van der Waals surface area contributed by atoms with Crippen LogP contribution in [0.15, 0.2) is 103 Å². The number of ether oxygens (including phenoxy) is 3. The monoisotopic (exact) mass is 520 g/mol. The molecule has 0 aromatic heterocycles. The Bertz CT molecular complexity index is 1270. The number of fused-ring (bicyclic) bond motifs is 1. The maximum Gasteiger partial charge on any atom is 0.208 e. The van der Waals surface area contributed by atoms with E-state index < -0.39 is 23.1 Å². The molecule has 1 saturated heterocycles. The van der Waals surface area contributed by atoms with Crippen molar-refractivity contribution in [1.29, 1.82) is 0 Å². The minimum absolute atomic E-state index is 0.00384. The summed E-state index contributed by atoms with van der Waals surface area (Å²) >= 11 is 0. The molecule has 3 aromatic carbocycles. The second-order valence-corrected chi connectivity index (χ2v) is 10.7. The Balaban J connectivity index is 1.55. The Morgan fingerprint density at radius 3 is 1.90 bits per heavy atom. The number of hydrogen-bond acceptors (Lipinski definition) is 4.